The predicted octanol–water partition coefficient (Wildman–Crippen LogP) is 4.47. The molecule has 2 aliphatic heterocycles. The quantitative estimate of drug-likeness (QED) is 0.356. The van der Waals surface area contributed by atoms with Crippen molar-refractivity contribution in [2.24, 2.45) is 0 Å². The molecule has 4 rings (SSSR count). The summed E-state index contributed by atoms with van der Waals surface area (Å²) in [4.78, 5) is 30.3. The number of amides is 1. The first-order chi connectivity index (χ1) is 16.3. The van der Waals surface area contributed by atoms with Crippen LogP contribution < -0.4 is 4.74 Å². The van der Waals surface area contributed by atoms with Crippen LogP contribution in [-0.4, -0.2) is 58.9 Å². The highest BCUT2D eigenvalue weighted by Gasteiger charge is 2.45. The maximum atomic E-state index is 13.2. The molecule has 180 valence electrons. The molecule has 6 nitrogen and oxygen atoms in total. The van der Waals surface area contributed by atoms with Gasteiger partial charge in [0.05, 0.1) is 11.6 Å². The van der Waals surface area contributed by atoms with Crippen LogP contribution >= 0.6 is 0 Å². The summed E-state index contributed by atoms with van der Waals surface area (Å²) in [6, 6.07) is 12.7. The van der Waals surface area contributed by atoms with Gasteiger partial charge in [0.15, 0.2) is 0 Å². The van der Waals surface area contributed by atoms with Crippen molar-refractivity contribution in [3.63, 3.8) is 0 Å². The molecule has 0 radical (unpaired) electrons. The number of fused-ring (bicyclic) bond motifs is 1. The fourth-order valence-corrected chi connectivity index (χ4v) is 4.94. The first kappa shape index (κ1) is 24.0. The van der Waals surface area contributed by atoms with Crippen LogP contribution in [-0.2, 0) is 16.0 Å². The minimum Gasteiger partial charge on any atom is -0.507 e. The van der Waals surface area contributed by atoms with E-state index < -0.39 is 17.7 Å². The largest absolute Gasteiger partial charge is 0.507 e. The Labute approximate surface area is 201 Å². The number of aryl methyl sites for hydroxylation is 1. The van der Waals surface area contributed by atoms with Gasteiger partial charge in [0.2, 0.25) is 0 Å². The van der Waals surface area contributed by atoms with E-state index in [2.05, 4.69) is 18.7 Å². The Morgan fingerprint density at radius 2 is 1.82 bits per heavy atom. The Morgan fingerprint density at radius 3 is 2.50 bits per heavy atom. The minimum absolute atomic E-state index is 0.0799. The number of rotatable bonds is 8. The van der Waals surface area contributed by atoms with E-state index in [0.29, 0.717) is 12.1 Å². The number of ketones is 1. The van der Waals surface area contributed by atoms with Gasteiger partial charge in [-0.15, -0.1) is 0 Å². The number of aliphatic hydroxyl groups is 1. The zero-order valence-electron chi connectivity index (χ0n) is 20.5. The summed E-state index contributed by atoms with van der Waals surface area (Å²) in [5.74, 6) is -0.505. The third kappa shape index (κ3) is 4.60. The first-order valence-electron chi connectivity index (χ1n) is 12.2. The van der Waals surface area contributed by atoms with Crippen LogP contribution in [0.3, 0.4) is 0 Å². The second kappa shape index (κ2) is 10.0. The lowest BCUT2D eigenvalue weighted by Crippen LogP contribution is -2.33. The van der Waals surface area contributed by atoms with Crippen molar-refractivity contribution in [2.45, 2.75) is 52.7 Å². The highest BCUT2D eigenvalue weighted by Crippen LogP contribution is 2.40. The van der Waals surface area contributed by atoms with E-state index in [9.17, 15) is 14.7 Å². The van der Waals surface area contributed by atoms with Gasteiger partial charge >= 0.3 is 0 Å². The highest BCUT2D eigenvalue weighted by atomic mass is 16.5. The monoisotopic (exact) mass is 462 g/mol. The maximum absolute atomic E-state index is 13.2. The minimum atomic E-state index is -0.629. The van der Waals surface area contributed by atoms with Gasteiger partial charge in [0.1, 0.15) is 17.6 Å². The SMILES string of the molecule is CCN(CC)CCCN1C(=O)C(=O)C(=C(O)c2ccc3c(c2)C[C@@H](C)O3)[C@@H]1c1ccc(C)cc1. The number of Topliss-reactive ketones (excluding diaryl/α,β-unsaturated/α-hetero) is 1. The number of hydrogen-bond acceptors (Lipinski definition) is 5. The molecule has 0 unspecified atom stereocenters. The Balaban J connectivity index is 1.72. The average molecular weight is 463 g/mol. The standard InChI is InChI=1S/C28H34N2O4/c1-5-29(6-2)14-7-15-30-25(20-10-8-18(3)9-11-20)24(27(32)28(30)33)26(31)21-12-13-23-22(17-21)16-19(4)34-23/h8-13,17,19,25,31H,5-7,14-16H2,1-4H3/t19-,25+/m1/s1. The number of hydrogen-bond donors (Lipinski definition) is 1. The van der Waals surface area contributed by atoms with E-state index in [0.717, 1.165) is 54.9 Å². The molecule has 1 saturated heterocycles. The summed E-state index contributed by atoms with van der Waals surface area (Å²) in [6.45, 7) is 11.4. The zero-order chi connectivity index (χ0) is 24.4. The summed E-state index contributed by atoms with van der Waals surface area (Å²) in [5, 5.41) is 11.3. The molecule has 34 heavy (non-hydrogen) atoms. The fraction of sp³-hybridized carbons (Fsp3) is 0.429. The van der Waals surface area contributed by atoms with Crippen LogP contribution in [0.5, 0.6) is 5.75 Å². The molecule has 2 aliphatic rings. The zero-order valence-corrected chi connectivity index (χ0v) is 20.5. The summed E-state index contributed by atoms with van der Waals surface area (Å²) in [6.07, 6.45) is 1.58. The molecule has 2 heterocycles. The lowest BCUT2D eigenvalue weighted by atomic mass is 9.94. The molecular formula is C28H34N2O4. The van der Waals surface area contributed by atoms with E-state index >= 15 is 0 Å². The van der Waals surface area contributed by atoms with Gasteiger partial charge in [-0.25, -0.2) is 0 Å². The third-order valence-electron chi connectivity index (χ3n) is 6.87. The molecule has 6 heteroatoms. The second-order valence-corrected chi connectivity index (χ2v) is 9.24. The average Bonchev–Trinajstić information content (AvgIpc) is 3.32. The number of benzene rings is 2. The number of nitrogens with zero attached hydrogens (tertiary/aromatic N) is 2. The molecule has 2 aromatic rings. The van der Waals surface area contributed by atoms with Crippen LogP contribution in [0.2, 0.25) is 0 Å². The van der Waals surface area contributed by atoms with Crippen molar-refractivity contribution >= 4 is 17.4 Å². The smallest absolute Gasteiger partial charge is 0.295 e. The summed E-state index contributed by atoms with van der Waals surface area (Å²) in [7, 11) is 0. The molecule has 0 saturated carbocycles. The molecular weight excluding hydrogens is 428 g/mol. The van der Waals surface area contributed by atoms with Crippen molar-refractivity contribution < 1.29 is 19.4 Å². The lowest BCUT2D eigenvalue weighted by Gasteiger charge is -2.27. The normalized spacial score (nSPS) is 21.3. The van der Waals surface area contributed by atoms with E-state index in [4.69, 9.17) is 4.74 Å². The van der Waals surface area contributed by atoms with E-state index in [-0.39, 0.29) is 17.4 Å². The molecule has 2 aromatic carbocycles. The molecule has 1 N–H and O–H groups in total. The Bertz CT molecular complexity index is 1100. The Morgan fingerprint density at radius 1 is 1.12 bits per heavy atom. The van der Waals surface area contributed by atoms with Crippen molar-refractivity contribution in [1.82, 2.24) is 9.80 Å². The van der Waals surface area contributed by atoms with Gasteiger partial charge in [0.25, 0.3) is 11.7 Å². The predicted molar refractivity (Wildman–Crippen MR) is 133 cm³/mol. The molecule has 0 bridgehead atoms. The van der Waals surface area contributed by atoms with Crippen LogP contribution in [0.4, 0.5) is 0 Å². The van der Waals surface area contributed by atoms with Crippen LogP contribution in [0.15, 0.2) is 48.0 Å². The van der Waals surface area contributed by atoms with E-state index in [1.165, 1.54) is 0 Å². The number of ether oxygens (including phenoxy) is 1. The van der Waals surface area contributed by atoms with Crippen molar-refractivity contribution in [2.75, 3.05) is 26.2 Å². The first-order valence-corrected chi connectivity index (χ1v) is 12.2. The van der Waals surface area contributed by atoms with Crippen LogP contribution in [0.25, 0.3) is 5.76 Å². The molecule has 1 fully saturated rings. The molecule has 0 aromatic heterocycles. The summed E-state index contributed by atoms with van der Waals surface area (Å²) < 4.78 is 5.77. The van der Waals surface area contributed by atoms with Gasteiger partial charge in [-0.1, -0.05) is 43.7 Å². The van der Waals surface area contributed by atoms with Gasteiger partial charge in [-0.05, 0) is 69.2 Å². The second-order valence-electron chi connectivity index (χ2n) is 9.24. The van der Waals surface area contributed by atoms with Gasteiger partial charge < -0.3 is 19.6 Å². The van der Waals surface area contributed by atoms with Crippen molar-refractivity contribution in [1.29, 1.82) is 0 Å². The van der Waals surface area contributed by atoms with Crippen LogP contribution in [0.1, 0.15) is 55.5 Å². The topological polar surface area (TPSA) is 70.1 Å². The molecule has 2 atom stereocenters. The van der Waals surface area contributed by atoms with Gasteiger partial charge in [-0.2, -0.15) is 0 Å². The van der Waals surface area contributed by atoms with Crippen molar-refractivity contribution in [3.8, 4) is 5.75 Å². The number of likely N-dealkylation sites (tertiary alicyclic amines) is 1. The van der Waals surface area contributed by atoms with Gasteiger partial charge in [-0.3, -0.25) is 9.59 Å². The van der Waals surface area contributed by atoms with E-state index in [1.54, 1.807) is 11.0 Å². The number of aliphatic hydroxyl groups excluding tert-OH is 1. The molecule has 0 aliphatic carbocycles. The Hall–Kier alpha value is -3.12. The summed E-state index contributed by atoms with van der Waals surface area (Å²) >= 11 is 0. The Kier molecular flexibility index (Phi) is 7.08. The maximum Gasteiger partial charge on any atom is 0.295 e. The van der Waals surface area contributed by atoms with Crippen molar-refractivity contribution in [3.05, 3.63) is 70.3 Å². The highest BCUT2D eigenvalue weighted by molar-refractivity contribution is 6.46. The lowest BCUT2D eigenvalue weighted by molar-refractivity contribution is -0.140. The fourth-order valence-electron chi connectivity index (χ4n) is 4.94. The third-order valence-corrected chi connectivity index (χ3v) is 6.87. The number of carbonyl (C=O) groups is 2. The molecule has 1 amide bonds. The van der Waals surface area contributed by atoms with Gasteiger partial charge in [0, 0.05) is 18.5 Å². The van der Waals surface area contributed by atoms with E-state index in [1.807, 2.05) is 50.2 Å². The summed E-state index contributed by atoms with van der Waals surface area (Å²) in [5.41, 5.74) is 3.61. The van der Waals surface area contributed by atoms with Crippen LogP contribution in [0, 0.1) is 6.92 Å². The molecule has 0 spiro atoms. The number of carbonyl (C=O) groups excluding carboxylic acids is 2.